The Morgan fingerprint density at radius 3 is 2.43 bits per heavy atom. The molecule has 1 aromatic heterocycles. The average Bonchev–Trinajstić information content (AvgIpc) is 2.53. The fourth-order valence-electron chi connectivity index (χ4n) is 2.42. The molecular weight excluding hydrogens is 278 g/mol. The van der Waals surface area contributed by atoms with Gasteiger partial charge in [0.15, 0.2) is 0 Å². The van der Waals surface area contributed by atoms with Crippen molar-refractivity contribution in [2.24, 2.45) is 0 Å². The lowest BCUT2D eigenvalue weighted by Crippen LogP contribution is -1.97. The van der Waals surface area contributed by atoms with Gasteiger partial charge in [0.2, 0.25) is 0 Å². The number of rotatable bonds is 10. The molecule has 0 saturated heterocycles. The van der Waals surface area contributed by atoms with Crippen molar-refractivity contribution in [2.75, 3.05) is 12.4 Å². The molecule has 0 saturated carbocycles. The molecule has 0 aliphatic carbocycles. The number of hydrogen-bond donors (Lipinski definition) is 1. The smallest absolute Gasteiger partial charge is 0.138 e. The van der Waals surface area contributed by atoms with Crippen LogP contribution in [0.5, 0.6) is 5.75 Å². The molecule has 0 aliphatic heterocycles. The summed E-state index contributed by atoms with van der Waals surface area (Å²) in [7, 11) is 0. The Morgan fingerprint density at radius 1 is 0.905 bits per heavy atom. The highest BCUT2D eigenvalue weighted by Crippen LogP contribution is 2.18. The molecule has 3 heteroatoms. The molecule has 1 aromatic carbocycles. The molecule has 0 unspecified atom stereocenters. The second-order valence-electron chi connectivity index (χ2n) is 5.41. The first kappa shape index (κ1) is 16.2. The number of benzene rings is 1. The lowest BCUT2D eigenvalue weighted by atomic mass is 10.1. The van der Waals surface area contributed by atoms with Crippen LogP contribution >= 0.6 is 12.6 Å². The molecule has 2 aromatic rings. The van der Waals surface area contributed by atoms with Crippen LogP contribution in [0.4, 0.5) is 0 Å². The summed E-state index contributed by atoms with van der Waals surface area (Å²) in [5.74, 6) is 1.90. The van der Waals surface area contributed by atoms with E-state index in [0.29, 0.717) is 0 Å². The Balaban J connectivity index is 1.59. The molecule has 0 spiro atoms. The van der Waals surface area contributed by atoms with Crippen LogP contribution in [-0.2, 0) is 0 Å². The van der Waals surface area contributed by atoms with Gasteiger partial charge in [-0.3, -0.25) is 4.98 Å². The summed E-state index contributed by atoms with van der Waals surface area (Å²) in [6, 6.07) is 10.2. The number of fused-ring (bicyclic) bond motifs is 1. The van der Waals surface area contributed by atoms with Crippen LogP contribution in [0.3, 0.4) is 0 Å². The van der Waals surface area contributed by atoms with Crippen LogP contribution in [0, 0.1) is 0 Å². The number of ether oxygens (including phenoxy) is 1. The van der Waals surface area contributed by atoms with Crippen LogP contribution in [0.15, 0.2) is 36.5 Å². The molecule has 0 atom stereocenters. The normalized spacial score (nSPS) is 10.9. The van der Waals surface area contributed by atoms with Crippen molar-refractivity contribution in [1.29, 1.82) is 0 Å². The zero-order valence-electron chi connectivity index (χ0n) is 12.6. The van der Waals surface area contributed by atoms with E-state index in [1.54, 1.807) is 0 Å². The fraction of sp³-hybridized carbons (Fsp3) is 0.500. The summed E-state index contributed by atoms with van der Waals surface area (Å²) in [5.41, 5.74) is 1.02. The molecule has 0 aliphatic rings. The Morgan fingerprint density at radius 2 is 1.62 bits per heavy atom. The molecule has 0 bridgehead atoms. The van der Waals surface area contributed by atoms with Gasteiger partial charge in [-0.2, -0.15) is 12.6 Å². The minimum atomic E-state index is 0.788. The van der Waals surface area contributed by atoms with Gasteiger partial charge in [0, 0.05) is 5.39 Å². The summed E-state index contributed by atoms with van der Waals surface area (Å²) < 4.78 is 5.79. The predicted molar refractivity (Wildman–Crippen MR) is 93.4 cm³/mol. The van der Waals surface area contributed by atoms with Crippen molar-refractivity contribution in [1.82, 2.24) is 4.98 Å². The molecule has 1 heterocycles. The van der Waals surface area contributed by atoms with E-state index in [4.69, 9.17) is 4.74 Å². The first-order valence-corrected chi connectivity index (χ1v) is 8.62. The summed E-state index contributed by atoms with van der Waals surface area (Å²) in [5, 5.41) is 1.14. The largest absolute Gasteiger partial charge is 0.492 e. The third-order valence-electron chi connectivity index (χ3n) is 3.64. The third-order valence-corrected chi connectivity index (χ3v) is 3.95. The summed E-state index contributed by atoms with van der Waals surface area (Å²) in [6.45, 7) is 0.788. The number of unbranched alkanes of at least 4 members (excludes halogenated alkanes) is 6. The highest BCUT2D eigenvalue weighted by Gasteiger charge is 1.98. The molecule has 21 heavy (non-hydrogen) atoms. The van der Waals surface area contributed by atoms with E-state index in [9.17, 15) is 0 Å². The molecule has 0 fully saturated rings. The van der Waals surface area contributed by atoms with E-state index in [2.05, 4.69) is 29.7 Å². The Bertz CT molecular complexity index is 529. The number of para-hydroxylation sites is 1. The molecule has 0 radical (unpaired) electrons. The van der Waals surface area contributed by atoms with E-state index in [1.807, 2.05) is 24.4 Å². The minimum Gasteiger partial charge on any atom is -0.492 e. The number of pyridine rings is 1. The second-order valence-corrected chi connectivity index (χ2v) is 5.86. The van der Waals surface area contributed by atoms with Crippen molar-refractivity contribution < 1.29 is 4.74 Å². The molecule has 2 rings (SSSR count). The zero-order valence-corrected chi connectivity index (χ0v) is 13.5. The number of hydrogen-bond acceptors (Lipinski definition) is 3. The maximum absolute atomic E-state index is 5.79. The maximum atomic E-state index is 5.79. The summed E-state index contributed by atoms with van der Waals surface area (Å²) >= 11 is 4.23. The molecule has 114 valence electrons. The van der Waals surface area contributed by atoms with Crippen molar-refractivity contribution in [3.63, 3.8) is 0 Å². The van der Waals surface area contributed by atoms with Gasteiger partial charge in [0.1, 0.15) is 5.75 Å². The Kier molecular flexibility index (Phi) is 7.44. The highest BCUT2D eigenvalue weighted by molar-refractivity contribution is 7.80. The average molecular weight is 303 g/mol. The monoisotopic (exact) mass is 303 g/mol. The van der Waals surface area contributed by atoms with E-state index in [1.165, 1.54) is 38.5 Å². The van der Waals surface area contributed by atoms with Gasteiger partial charge in [-0.1, -0.05) is 50.3 Å². The van der Waals surface area contributed by atoms with Gasteiger partial charge >= 0.3 is 0 Å². The fourth-order valence-corrected chi connectivity index (χ4v) is 2.64. The van der Waals surface area contributed by atoms with Gasteiger partial charge in [0.05, 0.1) is 18.3 Å². The lowest BCUT2D eigenvalue weighted by molar-refractivity contribution is 0.303. The van der Waals surface area contributed by atoms with Crippen molar-refractivity contribution in [3.05, 3.63) is 36.5 Å². The van der Waals surface area contributed by atoms with E-state index in [-0.39, 0.29) is 0 Å². The summed E-state index contributed by atoms with van der Waals surface area (Å²) in [4.78, 5) is 4.41. The number of thiol groups is 1. The number of aromatic nitrogens is 1. The van der Waals surface area contributed by atoms with Gasteiger partial charge in [0.25, 0.3) is 0 Å². The third kappa shape index (κ3) is 5.96. The highest BCUT2D eigenvalue weighted by atomic mass is 32.1. The van der Waals surface area contributed by atoms with Crippen molar-refractivity contribution in [2.45, 2.75) is 44.9 Å². The second kappa shape index (κ2) is 9.67. The van der Waals surface area contributed by atoms with Crippen molar-refractivity contribution in [3.8, 4) is 5.75 Å². The van der Waals surface area contributed by atoms with Crippen LogP contribution in [0.2, 0.25) is 0 Å². The Labute approximate surface area is 133 Å². The summed E-state index contributed by atoms with van der Waals surface area (Å²) in [6.07, 6.45) is 10.8. The predicted octanol–water partition coefficient (Wildman–Crippen LogP) is 5.27. The number of nitrogens with zero attached hydrogens (tertiary/aromatic N) is 1. The van der Waals surface area contributed by atoms with Gasteiger partial charge in [-0.25, -0.2) is 0 Å². The maximum Gasteiger partial charge on any atom is 0.138 e. The van der Waals surface area contributed by atoms with Gasteiger partial charge < -0.3 is 4.74 Å². The topological polar surface area (TPSA) is 22.1 Å². The SMILES string of the molecule is SCCCCCCCCCOc1cnc2ccccc2c1. The molecular formula is C18H25NOS. The van der Waals surface area contributed by atoms with E-state index < -0.39 is 0 Å². The Hall–Kier alpha value is -1.22. The quantitative estimate of drug-likeness (QED) is 0.477. The van der Waals surface area contributed by atoms with Gasteiger partial charge in [-0.15, -0.1) is 0 Å². The zero-order chi connectivity index (χ0) is 14.8. The van der Waals surface area contributed by atoms with Crippen LogP contribution in [-0.4, -0.2) is 17.3 Å². The minimum absolute atomic E-state index is 0.788. The first-order valence-electron chi connectivity index (χ1n) is 7.98. The van der Waals surface area contributed by atoms with Crippen LogP contribution in [0.25, 0.3) is 10.9 Å². The van der Waals surface area contributed by atoms with Crippen molar-refractivity contribution >= 4 is 23.5 Å². The standard InChI is InChI=1S/C18H25NOS/c21-13-9-5-3-1-2-4-8-12-20-17-14-16-10-6-7-11-18(16)19-15-17/h6-7,10-11,14-15,21H,1-5,8-9,12-13H2. The first-order chi connectivity index (χ1) is 10.4. The lowest BCUT2D eigenvalue weighted by Gasteiger charge is -2.07. The molecule has 0 N–H and O–H groups in total. The molecule has 2 nitrogen and oxygen atoms in total. The molecule has 0 amide bonds. The van der Waals surface area contributed by atoms with Crippen LogP contribution < -0.4 is 4.74 Å². The van der Waals surface area contributed by atoms with E-state index in [0.717, 1.165) is 35.4 Å². The van der Waals surface area contributed by atoms with Gasteiger partial charge in [-0.05, 0) is 30.7 Å². The van der Waals surface area contributed by atoms with E-state index >= 15 is 0 Å². The van der Waals surface area contributed by atoms with Crippen LogP contribution in [0.1, 0.15) is 44.9 Å².